The number of amides is 1. The van der Waals surface area contributed by atoms with Crippen LogP contribution in [0.15, 0.2) is 16.7 Å². The molecule has 7 heteroatoms. The molecule has 0 saturated carbocycles. The van der Waals surface area contributed by atoms with Crippen LogP contribution in [0.5, 0.6) is 5.75 Å². The normalized spacial score (nSPS) is 12.2. The van der Waals surface area contributed by atoms with Crippen LogP contribution in [0.3, 0.4) is 0 Å². The summed E-state index contributed by atoms with van der Waals surface area (Å²) in [5.41, 5.74) is 0.245. The third kappa shape index (κ3) is 4.15. The molecule has 100 valence electrons. The van der Waals surface area contributed by atoms with Gasteiger partial charge in [0.15, 0.2) is 0 Å². The highest BCUT2D eigenvalue weighted by atomic mass is 79.9. The van der Waals surface area contributed by atoms with Gasteiger partial charge in [-0.2, -0.15) is 0 Å². The molecule has 1 aromatic rings. The van der Waals surface area contributed by atoms with Crippen LogP contribution in [-0.2, 0) is 6.54 Å². The molecule has 0 unspecified atom stereocenters. The van der Waals surface area contributed by atoms with Crippen molar-refractivity contribution >= 4 is 22.0 Å². The number of aliphatic hydroxyl groups excluding tert-OH is 1. The monoisotopic (exact) mass is 318 g/mol. The van der Waals surface area contributed by atoms with Gasteiger partial charge in [-0.15, -0.1) is 0 Å². The van der Waals surface area contributed by atoms with E-state index in [1.165, 1.54) is 6.07 Å². The molecule has 0 saturated heterocycles. The van der Waals surface area contributed by atoms with E-state index in [1.54, 1.807) is 13.0 Å². The van der Waals surface area contributed by atoms with Crippen molar-refractivity contribution in [3.8, 4) is 5.75 Å². The number of carbonyl (C=O) groups is 1. The number of aromatic nitrogens is 1. The maximum absolute atomic E-state index is 11.0. The quantitative estimate of drug-likeness (QED) is 0.720. The molecule has 6 nitrogen and oxygen atoms in total. The van der Waals surface area contributed by atoms with Crippen molar-refractivity contribution in [3.63, 3.8) is 0 Å². The maximum Gasteiger partial charge on any atom is 0.407 e. The summed E-state index contributed by atoms with van der Waals surface area (Å²) in [4.78, 5) is 16.1. The number of hydrogen-bond acceptors (Lipinski definition) is 4. The Morgan fingerprint density at radius 3 is 2.78 bits per heavy atom. The lowest BCUT2D eigenvalue weighted by atomic mass is 10.2. The highest BCUT2D eigenvalue weighted by Crippen LogP contribution is 2.19. The number of aromatic hydroxyl groups is 1. The molecule has 3 N–H and O–H groups in total. The summed E-state index contributed by atoms with van der Waals surface area (Å²) in [6, 6.07) is 2.99. The van der Waals surface area contributed by atoms with E-state index in [0.717, 1.165) is 4.90 Å². The average Bonchev–Trinajstić information content (AvgIpc) is 2.32. The minimum atomic E-state index is -1.16. The SMILES string of the molecule is CC[C@H](O)CN(Cc1nc(Br)ccc1O)C(=O)O. The molecule has 0 aliphatic rings. The van der Waals surface area contributed by atoms with E-state index in [2.05, 4.69) is 20.9 Å². The molecule has 1 amide bonds. The van der Waals surface area contributed by atoms with Gasteiger partial charge in [0.05, 0.1) is 19.2 Å². The summed E-state index contributed by atoms with van der Waals surface area (Å²) in [5, 5.41) is 28.1. The molecule has 18 heavy (non-hydrogen) atoms. The summed E-state index contributed by atoms with van der Waals surface area (Å²) >= 11 is 3.15. The molecule has 0 fully saturated rings. The smallest absolute Gasteiger partial charge is 0.407 e. The van der Waals surface area contributed by atoms with E-state index in [4.69, 9.17) is 5.11 Å². The van der Waals surface area contributed by atoms with Gasteiger partial charge >= 0.3 is 6.09 Å². The van der Waals surface area contributed by atoms with Gasteiger partial charge < -0.3 is 15.3 Å². The number of rotatable bonds is 5. The number of nitrogens with zero attached hydrogens (tertiary/aromatic N) is 2. The lowest BCUT2D eigenvalue weighted by molar-refractivity contribution is 0.0906. The predicted molar refractivity (Wildman–Crippen MR) is 68.3 cm³/mol. The zero-order valence-corrected chi connectivity index (χ0v) is 11.5. The van der Waals surface area contributed by atoms with Gasteiger partial charge in [0, 0.05) is 0 Å². The van der Waals surface area contributed by atoms with Crippen LogP contribution in [0, 0.1) is 0 Å². The number of hydrogen-bond donors (Lipinski definition) is 3. The van der Waals surface area contributed by atoms with Crippen molar-refractivity contribution < 1.29 is 20.1 Å². The Balaban J connectivity index is 2.83. The fourth-order valence-electron chi connectivity index (χ4n) is 1.36. The molecule has 0 spiro atoms. The maximum atomic E-state index is 11.0. The minimum absolute atomic E-state index is 0.0144. The highest BCUT2D eigenvalue weighted by molar-refractivity contribution is 9.10. The van der Waals surface area contributed by atoms with E-state index in [9.17, 15) is 15.0 Å². The van der Waals surface area contributed by atoms with E-state index in [-0.39, 0.29) is 24.5 Å². The van der Waals surface area contributed by atoms with E-state index < -0.39 is 12.2 Å². The van der Waals surface area contributed by atoms with Crippen LogP contribution in [0.1, 0.15) is 19.0 Å². The van der Waals surface area contributed by atoms with Crippen molar-refractivity contribution in [2.75, 3.05) is 6.54 Å². The van der Waals surface area contributed by atoms with Gasteiger partial charge in [-0.25, -0.2) is 9.78 Å². The van der Waals surface area contributed by atoms with Crippen molar-refractivity contribution in [1.82, 2.24) is 9.88 Å². The van der Waals surface area contributed by atoms with Gasteiger partial charge in [0.2, 0.25) is 0 Å². The molecule has 0 aliphatic carbocycles. The van der Waals surface area contributed by atoms with Gasteiger partial charge in [-0.1, -0.05) is 6.92 Å². The lowest BCUT2D eigenvalue weighted by Gasteiger charge is -2.21. The highest BCUT2D eigenvalue weighted by Gasteiger charge is 2.18. The Hall–Kier alpha value is -1.34. The number of carboxylic acid groups (broad SMARTS) is 1. The van der Waals surface area contributed by atoms with E-state index in [1.807, 2.05) is 0 Å². The van der Waals surface area contributed by atoms with Gasteiger partial charge in [0.1, 0.15) is 16.0 Å². The van der Waals surface area contributed by atoms with E-state index in [0.29, 0.717) is 11.0 Å². The molecule has 1 aromatic heterocycles. The van der Waals surface area contributed by atoms with Crippen LogP contribution < -0.4 is 0 Å². The predicted octanol–water partition coefficient (Wildman–Crippen LogP) is 1.80. The number of pyridine rings is 1. The molecule has 0 bridgehead atoms. The van der Waals surface area contributed by atoms with Gasteiger partial charge in [0.25, 0.3) is 0 Å². The summed E-state index contributed by atoms with van der Waals surface area (Å²) in [7, 11) is 0. The average molecular weight is 319 g/mol. The van der Waals surface area contributed by atoms with Crippen LogP contribution >= 0.6 is 15.9 Å². The zero-order valence-electron chi connectivity index (χ0n) is 9.88. The molecular formula is C11H15BrN2O4. The van der Waals surface area contributed by atoms with Crippen LogP contribution in [0.25, 0.3) is 0 Å². The summed E-state index contributed by atoms with van der Waals surface area (Å²) in [5.74, 6) is -0.0737. The first-order valence-corrected chi connectivity index (χ1v) is 6.23. The third-order valence-electron chi connectivity index (χ3n) is 2.43. The summed E-state index contributed by atoms with van der Waals surface area (Å²) in [6.45, 7) is 1.68. The third-order valence-corrected chi connectivity index (χ3v) is 2.87. The van der Waals surface area contributed by atoms with Crippen molar-refractivity contribution in [2.45, 2.75) is 26.0 Å². The zero-order chi connectivity index (χ0) is 13.7. The van der Waals surface area contributed by atoms with Crippen molar-refractivity contribution in [3.05, 3.63) is 22.4 Å². The first kappa shape index (κ1) is 14.7. The van der Waals surface area contributed by atoms with Crippen LogP contribution in [0.4, 0.5) is 4.79 Å². The second-order valence-electron chi connectivity index (χ2n) is 3.82. The summed E-state index contributed by atoms with van der Waals surface area (Å²) in [6.07, 6.45) is -1.43. The molecule has 0 aromatic carbocycles. The molecule has 1 rings (SSSR count). The first-order valence-electron chi connectivity index (χ1n) is 5.44. The number of aliphatic hydroxyl groups is 1. The Morgan fingerprint density at radius 1 is 1.56 bits per heavy atom. The Kier molecular flexibility index (Phi) is 5.36. The number of halogens is 1. The Bertz CT molecular complexity index is 428. The second kappa shape index (κ2) is 6.55. The standard InChI is InChI=1S/C11H15BrN2O4/c1-2-7(15)5-14(11(17)18)6-8-9(16)3-4-10(12)13-8/h3-4,7,15-16H,2,5-6H2,1H3,(H,17,18)/t7-/m0/s1. The van der Waals surface area contributed by atoms with Gasteiger partial charge in [-0.3, -0.25) is 4.90 Å². The summed E-state index contributed by atoms with van der Waals surface area (Å²) < 4.78 is 0.511. The fourth-order valence-corrected chi connectivity index (χ4v) is 1.70. The van der Waals surface area contributed by atoms with Crippen LogP contribution in [-0.4, -0.2) is 43.9 Å². The molecule has 1 atom stereocenters. The molecule has 0 aliphatic heterocycles. The largest absolute Gasteiger partial charge is 0.506 e. The first-order chi connectivity index (χ1) is 8.43. The Labute approximate surface area is 113 Å². The second-order valence-corrected chi connectivity index (χ2v) is 4.64. The topological polar surface area (TPSA) is 93.9 Å². The Morgan fingerprint density at radius 2 is 2.22 bits per heavy atom. The molecular weight excluding hydrogens is 304 g/mol. The van der Waals surface area contributed by atoms with E-state index >= 15 is 0 Å². The van der Waals surface area contributed by atoms with Gasteiger partial charge in [-0.05, 0) is 34.5 Å². The lowest BCUT2D eigenvalue weighted by Crippen LogP contribution is -2.36. The minimum Gasteiger partial charge on any atom is -0.506 e. The van der Waals surface area contributed by atoms with Crippen molar-refractivity contribution in [2.24, 2.45) is 0 Å². The molecule has 0 radical (unpaired) electrons. The molecule has 1 heterocycles. The van der Waals surface area contributed by atoms with Crippen LogP contribution in [0.2, 0.25) is 0 Å². The fraction of sp³-hybridized carbons (Fsp3) is 0.455. The van der Waals surface area contributed by atoms with Crippen molar-refractivity contribution in [1.29, 1.82) is 0 Å².